The highest BCUT2D eigenvalue weighted by Gasteiger charge is 2.52. The zero-order valence-corrected chi connectivity index (χ0v) is 64.3. The third-order valence-corrected chi connectivity index (χ3v) is 19.5. The minimum atomic E-state index is -5.51. The fraction of sp³-hybridized carbons (Fsp3) is 0.923. The van der Waals surface area contributed by atoms with E-state index in [1.165, 1.54) is 51.4 Å². The SMILES string of the molecule is CCCCCCCCCCC[C@H](CC(=O)N[C@@H](CO)CO[C@@H]1O[C@H](CO)[C@@H](OP(=O)(O)O)[C@H](OC(=O)C[C@@H](CCCCCCCCCCC)OC(=O)CCCCCCCC)[C@H]1NC(=O)C[C@@H](CCCCCCCCCCC)OC(=O)CCCCCCCC)OC(=O)CCCCCCCC. The van der Waals surface area contributed by atoms with E-state index in [0.717, 1.165) is 205 Å². The number of carbonyl (C=O) groups is 6. The highest BCUT2D eigenvalue weighted by Crippen LogP contribution is 2.42. The first kappa shape index (κ1) is 93.8. The number of nitrogens with one attached hydrogen (secondary N) is 2. The number of unbranched alkanes of at least 4 members (excludes halogenated alkanes) is 39. The summed E-state index contributed by atoms with van der Waals surface area (Å²) in [4.78, 5) is 105. The van der Waals surface area contributed by atoms with Crippen LogP contribution in [0.1, 0.15) is 388 Å². The standard InChI is InChI=1S/C78H147N2O18P/c1-7-13-19-25-31-34-37-40-46-52-65(93-71(85)55-49-43-28-22-16-10-4)58-69(83)79-64(61-81)63-92-78-75(80-70(84)59-66(53-47-41-38-35-32-26-20-14-8-2)94-72(86)56-50-44-29-23-17-11-5)77(76(68(62-82)96-78)98-99(89,90)91)97-74(88)60-67(54-48-42-39-36-33-27-21-15-9-3)95-73(87)57-51-45-30-24-18-12-6/h64-68,75-78,81-82H,7-63H2,1-6H3,(H,79,83)(H,80,84)(H2,89,90,91)/t64-,65+,66+,67+,68+,75+,76+,77+,78+/m0/s1. The van der Waals surface area contributed by atoms with Crippen LogP contribution in [0.2, 0.25) is 0 Å². The van der Waals surface area contributed by atoms with Crippen LogP contribution in [0.5, 0.6) is 0 Å². The van der Waals surface area contributed by atoms with Crippen molar-refractivity contribution in [2.45, 2.75) is 443 Å². The molecule has 1 aliphatic rings. The van der Waals surface area contributed by atoms with Crippen molar-refractivity contribution in [3.8, 4) is 0 Å². The number of esters is 4. The second-order valence-electron chi connectivity index (χ2n) is 28.5. The fourth-order valence-electron chi connectivity index (χ4n) is 13.0. The van der Waals surface area contributed by atoms with Gasteiger partial charge in [-0.1, -0.05) is 292 Å². The van der Waals surface area contributed by atoms with E-state index >= 15 is 0 Å². The highest BCUT2D eigenvalue weighted by molar-refractivity contribution is 7.46. The molecule has 1 aliphatic heterocycles. The van der Waals surface area contributed by atoms with E-state index in [4.69, 9.17) is 32.9 Å². The van der Waals surface area contributed by atoms with E-state index in [1.54, 1.807) is 0 Å². The van der Waals surface area contributed by atoms with Gasteiger partial charge in [0.1, 0.15) is 36.6 Å². The van der Waals surface area contributed by atoms with Crippen LogP contribution in [0.25, 0.3) is 0 Å². The van der Waals surface area contributed by atoms with Crippen molar-refractivity contribution >= 4 is 43.5 Å². The molecule has 20 nitrogen and oxygen atoms in total. The Morgan fingerprint density at radius 1 is 0.404 bits per heavy atom. The average molecular weight is 1430 g/mol. The minimum Gasteiger partial charge on any atom is -0.462 e. The molecule has 2 amide bonds. The van der Waals surface area contributed by atoms with Crippen molar-refractivity contribution in [2.24, 2.45) is 0 Å². The first-order chi connectivity index (χ1) is 48.0. The number of carbonyl (C=O) groups excluding carboxylic acids is 6. The number of hydrogen-bond donors (Lipinski definition) is 6. The van der Waals surface area contributed by atoms with Gasteiger partial charge >= 0.3 is 31.7 Å². The molecule has 21 heteroatoms. The Labute approximate surface area is 600 Å². The summed E-state index contributed by atoms with van der Waals surface area (Å²) in [7, 11) is -5.51. The van der Waals surface area contributed by atoms with Gasteiger partial charge in [0.05, 0.1) is 45.1 Å². The monoisotopic (exact) mass is 1430 g/mol. The number of aliphatic hydroxyl groups is 2. The molecule has 0 aromatic carbocycles. The van der Waals surface area contributed by atoms with Crippen molar-refractivity contribution in [3.63, 3.8) is 0 Å². The fourth-order valence-corrected chi connectivity index (χ4v) is 13.6. The first-order valence-corrected chi connectivity index (χ1v) is 42.1. The summed E-state index contributed by atoms with van der Waals surface area (Å²) in [5.41, 5.74) is 0. The molecule has 1 rings (SSSR count). The molecule has 0 aromatic rings. The lowest BCUT2D eigenvalue weighted by Crippen LogP contribution is -2.66. The number of phosphoric acid groups is 1. The topological polar surface area (TPSA) is 289 Å². The van der Waals surface area contributed by atoms with Crippen molar-refractivity contribution in [2.75, 3.05) is 19.8 Å². The van der Waals surface area contributed by atoms with E-state index in [9.17, 15) is 53.3 Å². The van der Waals surface area contributed by atoms with Crippen LogP contribution in [0.15, 0.2) is 0 Å². The van der Waals surface area contributed by atoms with Gasteiger partial charge in [0.2, 0.25) is 11.8 Å². The number of amides is 2. The normalized spacial score (nSPS) is 17.5. The summed E-state index contributed by atoms with van der Waals surface area (Å²) >= 11 is 0. The molecule has 0 spiro atoms. The van der Waals surface area contributed by atoms with Gasteiger partial charge in [0.15, 0.2) is 12.4 Å². The number of rotatable bonds is 70. The maximum Gasteiger partial charge on any atom is 0.470 e. The molecule has 0 bridgehead atoms. The minimum absolute atomic E-state index is 0.148. The molecule has 0 saturated carbocycles. The van der Waals surface area contributed by atoms with Gasteiger partial charge in [-0.3, -0.25) is 33.3 Å². The lowest BCUT2D eigenvalue weighted by atomic mass is 9.95. The summed E-state index contributed by atoms with van der Waals surface area (Å²) in [6.07, 6.45) is 36.7. The van der Waals surface area contributed by atoms with Gasteiger partial charge < -0.3 is 59.1 Å². The molecule has 6 N–H and O–H groups in total. The van der Waals surface area contributed by atoms with Crippen LogP contribution in [0.3, 0.4) is 0 Å². The Kier molecular flexibility index (Phi) is 61.0. The van der Waals surface area contributed by atoms with Crippen LogP contribution in [0, 0.1) is 0 Å². The predicted molar refractivity (Wildman–Crippen MR) is 392 cm³/mol. The molecular weight excluding hydrogens is 1280 g/mol. The van der Waals surface area contributed by atoms with Crippen LogP contribution in [-0.4, -0.2) is 131 Å². The van der Waals surface area contributed by atoms with E-state index in [2.05, 4.69) is 52.2 Å². The Balaban J connectivity index is 3.79. The molecule has 0 aromatic heterocycles. The molecule has 0 unspecified atom stereocenters. The lowest BCUT2D eigenvalue weighted by Gasteiger charge is -2.45. The zero-order chi connectivity index (χ0) is 72.8. The highest BCUT2D eigenvalue weighted by atomic mass is 31.2. The summed E-state index contributed by atoms with van der Waals surface area (Å²) < 4.78 is 55.1. The summed E-state index contributed by atoms with van der Waals surface area (Å²) in [5, 5.41) is 27.4. The Morgan fingerprint density at radius 3 is 1.04 bits per heavy atom. The molecule has 1 heterocycles. The molecule has 99 heavy (non-hydrogen) atoms. The van der Waals surface area contributed by atoms with Crippen LogP contribution in [0.4, 0.5) is 0 Å². The Hall–Kier alpha value is -3.23. The molecule has 1 saturated heterocycles. The van der Waals surface area contributed by atoms with Gasteiger partial charge in [0, 0.05) is 19.3 Å². The molecule has 0 radical (unpaired) electrons. The van der Waals surface area contributed by atoms with E-state index in [-0.39, 0.29) is 38.1 Å². The van der Waals surface area contributed by atoms with Gasteiger partial charge in [-0.2, -0.15) is 0 Å². The molecule has 9 atom stereocenters. The van der Waals surface area contributed by atoms with Crippen molar-refractivity contribution < 1.29 is 86.3 Å². The lowest BCUT2D eigenvalue weighted by molar-refractivity contribution is -0.272. The smallest absolute Gasteiger partial charge is 0.462 e. The van der Waals surface area contributed by atoms with E-state index in [1.807, 2.05) is 0 Å². The number of phosphoric ester groups is 1. The number of hydrogen-bond acceptors (Lipinski definition) is 16. The van der Waals surface area contributed by atoms with E-state index in [0.29, 0.717) is 51.4 Å². The summed E-state index contributed by atoms with van der Waals surface area (Å²) in [6.45, 7) is 10.9. The first-order valence-electron chi connectivity index (χ1n) is 40.6. The van der Waals surface area contributed by atoms with Crippen molar-refractivity contribution in [3.05, 3.63) is 0 Å². The molecule has 1 fully saturated rings. The van der Waals surface area contributed by atoms with Crippen LogP contribution < -0.4 is 10.6 Å². The van der Waals surface area contributed by atoms with Crippen molar-refractivity contribution in [1.82, 2.24) is 10.6 Å². The van der Waals surface area contributed by atoms with Crippen LogP contribution in [-0.2, 0) is 66.3 Å². The largest absolute Gasteiger partial charge is 0.470 e. The second-order valence-corrected chi connectivity index (χ2v) is 29.7. The molecule has 582 valence electrons. The second kappa shape index (κ2) is 64.4. The maximum atomic E-state index is 14.8. The van der Waals surface area contributed by atoms with Gasteiger partial charge in [-0.05, 0) is 57.8 Å². The third-order valence-electron chi connectivity index (χ3n) is 18.9. The van der Waals surface area contributed by atoms with Gasteiger partial charge in [-0.15, -0.1) is 0 Å². The maximum absolute atomic E-state index is 14.8. The summed E-state index contributed by atoms with van der Waals surface area (Å²) in [6, 6.07) is -2.80. The number of aliphatic hydroxyl groups excluding tert-OH is 2. The van der Waals surface area contributed by atoms with E-state index < -0.39 is 119 Å². The average Bonchev–Trinajstić information content (AvgIpc) is 0.782. The Morgan fingerprint density at radius 2 is 0.717 bits per heavy atom. The van der Waals surface area contributed by atoms with Crippen molar-refractivity contribution in [1.29, 1.82) is 0 Å². The predicted octanol–water partition coefficient (Wildman–Crippen LogP) is 18.0. The molecular formula is C78H147N2O18P. The summed E-state index contributed by atoms with van der Waals surface area (Å²) in [5.74, 6) is -3.53. The number of ether oxygens (including phenoxy) is 6. The molecule has 0 aliphatic carbocycles. The van der Waals surface area contributed by atoms with Gasteiger partial charge in [0.25, 0.3) is 0 Å². The zero-order valence-electron chi connectivity index (χ0n) is 63.5. The van der Waals surface area contributed by atoms with Crippen LogP contribution >= 0.6 is 7.82 Å². The quantitative estimate of drug-likeness (QED) is 0.0143. The van der Waals surface area contributed by atoms with Gasteiger partial charge in [-0.25, -0.2) is 4.57 Å². The Bertz CT molecular complexity index is 2030. The third kappa shape index (κ3) is 53.2.